The molecule has 1 atom stereocenters. The van der Waals surface area contributed by atoms with Crippen LogP contribution in [0.2, 0.25) is 0 Å². The van der Waals surface area contributed by atoms with Crippen LogP contribution in [0.3, 0.4) is 0 Å². The van der Waals surface area contributed by atoms with Gasteiger partial charge in [0.05, 0.1) is 5.97 Å². The molecule has 1 heterocycles. The van der Waals surface area contributed by atoms with Crippen molar-refractivity contribution in [2.75, 3.05) is 13.2 Å². The Balaban J connectivity index is 1.23. The minimum Gasteiger partial charge on any atom is -0.545 e. The third-order valence-electron chi connectivity index (χ3n) is 6.99. The summed E-state index contributed by atoms with van der Waals surface area (Å²) in [5, 5.41) is 14.0. The van der Waals surface area contributed by atoms with Crippen LogP contribution in [0.25, 0.3) is 0 Å². The Morgan fingerprint density at radius 2 is 1.55 bits per heavy atom. The van der Waals surface area contributed by atoms with Gasteiger partial charge in [-0.05, 0) is 79.8 Å². The molecule has 1 saturated carbocycles. The van der Waals surface area contributed by atoms with Crippen molar-refractivity contribution in [1.82, 2.24) is 10.2 Å². The number of carbonyl (C=O) groups is 3. The molecule has 0 radical (unpaired) electrons. The maximum Gasteiger partial charge on any atom is 0.573 e. The maximum atomic E-state index is 13.0. The second kappa shape index (κ2) is 11.7. The summed E-state index contributed by atoms with van der Waals surface area (Å²) in [6, 6.07) is 10.8. The zero-order chi connectivity index (χ0) is 27.3. The summed E-state index contributed by atoms with van der Waals surface area (Å²) in [6.45, 7) is 0.0817. The molecule has 0 aromatic heterocycles. The molecule has 1 aliphatic carbocycles. The lowest BCUT2D eigenvalue weighted by Crippen LogP contribution is -2.50. The van der Waals surface area contributed by atoms with E-state index in [9.17, 15) is 32.7 Å². The number of benzene rings is 2. The van der Waals surface area contributed by atoms with Gasteiger partial charge in [0.2, 0.25) is 5.91 Å². The first-order valence-corrected chi connectivity index (χ1v) is 12.5. The number of carboxylic acids is 1. The third kappa shape index (κ3) is 7.17. The molecule has 38 heavy (non-hydrogen) atoms. The summed E-state index contributed by atoms with van der Waals surface area (Å²) >= 11 is 0. The molecule has 11 heteroatoms. The van der Waals surface area contributed by atoms with Crippen LogP contribution < -0.4 is 19.9 Å². The highest BCUT2D eigenvalue weighted by molar-refractivity contribution is 5.89. The Hall–Kier alpha value is -3.76. The van der Waals surface area contributed by atoms with Gasteiger partial charge in [-0.1, -0.05) is 24.3 Å². The van der Waals surface area contributed by atoms with E-state index >= 15 is 0 Å². The molecule has 2 fully saturated rings. The number of rotatable bonds is 8. The lowest BCUT2D eigenvalue weighted by molar-refractivity contribution is -0.274. The van der Waals surface area contributed by atoms with Crippen LogP contribution in [0.5, 0.6) is 11.5 Å². The molecule has 2 aromatic carbocycles. The van der Waals surface area contributed by atoms with Crippen LogP contribution in [0, 0.1) is 0 Å². The SMILES string of the molecule is O=C([O-])c1ccc(C2CCC(NC(=O)[C@H]3CCCN3C(=O)COc3ccc(OC(F)(F)F)cc3)CC2)cc1. The maximum absolute atomic E-state index is 13.0. The van der Waals surface area contributed by atoms with E-state index in [0.717, 1.165) is 43.4 Å². The molecular weight excluding hydrogens is 505 g/mol. The molecular formula is C27H28F3N2O6-. The molecule has 2 aliphatic rings. The molecule has 204 valence electrons. The van der Waals surface area contributed by atoms with Gasteiger partial charge in [0.1, 0.15) is 17.5 Å². The number of carbonyl (C=O) groups excluding carboxylic acids is 3. The predicted molar refractivity (Wildman–Crippen MR) is 127 cm³/mol. The fourth-order valence-electron chi connectivity index (χ4n) is 5.06. The lowest BCUT2D eigenvalue weighted by atomic mass is 9.81. The van der Waals surface area contributed by atoms with Crippen LogP contribution in [0.15, 0.2) is 48.5 Å². The number of amides is 2. The van der Waals surface area contributed by atoms with Crippen molar-refractivity contribution >= 4 is 17.8 Å². The van der Waals surface area contributed by atoms with Crippen molar-refractivity contribution in [2.45, 2.75) is 62.9 Å². The number of aromatic carboxylic acids is 1. The molecule has 1 saturated heterocycles. The number of hydrogen-bond donors (Lipinski definition) is 1. The quantitative estimate of drug-likeness (QED) is 0.559. The van der Waals surface area contributed by atoms with Crippen molar-refractivity contribution < 1.29 is 42.1 Å². The van der Waals surface area contributed by atoms with Crippen molar-refractivity contribution in [1.29, 1.82) is 0 Å². The number of carboxylic acid groups (broad SMARTS) is 1. The molecule has 0 unspecified atom stereocenters. The number of halogens is 3. The van der Waals surface area contributed by atoms with Gasteiger partial charge in [0, 0.05) is 12.6 Å². The average Bonchev–Trinajstić information content (AvgIpc) is 3.38. The van der Waals surface area contributed by atoms with E-state index in [-0.39, 0.29) is 41.7 Å². The molecule has 8 nitrogen and oxygen atoms in total. The fraction of sp³-hybridized carbons (Fsp3) is 0.444. The number of hydrogen-bond acceptors (Lipinski definition) is 6. The molecule has 0 spiro atoms. The normalized spacial score (nSPS) is 21.6. The highest BCUT2D eigenvalue weighted by Crippen LogP contribution is 2.33. The van der Waals surface area contributed by atoms with Gasteiger partial charge < -0.3 is 29.6 Å². The van der Waals surface area contributed by atoms with Crippen LogP contribution in [-0.2, 0) is 9.59 Å². The van der Waals surface area contributed by atoms with Gasteiger partial charge in [0.15, 0.2) is 6.61 Å². The summed E-state index contributed by atoms with van der Waals surface area (Å²) in [5.74, 6) is -1.68. The van der Waals surface area contributed by atoms with Gasteiger partial charge in [0.25, 0.3) is 5.91 Å². The Bertz CT molecular complexity index is 1130. The zero-order valence-electron chi connectivity index (χ0n) is 20.5. The van der Waals surface area contributed by atoms with Crippen LogP contribution in [-0.4, -0.2) is 54.3 Å². The van der Waals surface area contributed by atoms with E-state index < -0.39 is 24.1 Å². The van der Waals surface area contributed by atoms with E-state index in [4.69, 9.17) is 4.74 Å². The molecule has 2 amide bonds. The monoisotopic (exact) mass is 533 g/mol. The van der Waals surface area contributed by atoms with Crippen LogP contribution >= 0.6 is 0 Å². The number of likely N-dealkylation sites (tertiary alicyclic amines) is 1. The second-order valence-corrected chi connectivity index (χ2v) is 9.52. The van der Waals surface area contributed by atoms with Crippen molar-refractivity contribution in [3.63, 3.8) is 0 Å². The highest BCUT2D eigenvalue weighted by atomic mass is 19.4. The molecule has 1 aliphatic heterocycles. The van der Waals surface area contributed by atoms with E-state index in [1.807, 2.05) is 12.1 Å². The minimum absolute atomic E-state index is 0.00697. The van der Waals surface area contributed by atoms with Gasteiger partial charge in [-0.3, -0.25) is 9.59 Å². The van der Waals surface area contributed by atoms with Gasteiger partial charge in [-0.25, -0.2) is 0 Å². The topological polar surface area (TPSA) is 108 Å². The molecule has 2 aromatic rings. The summed E-state index contributed by atoms with van der Waals surface area (Å²) in [6.07, 6.45) is -0.319. The number of nitrogens with zero attached hydrogens (tertiary/aromatic N) is 1. The first-order chi connectivity index (χ1) is 18.1. The predicted octanol–water partition coefficient (Wildman–Crippen LogP) is 3.16. The Morgan fingerprint density at radius 3 is 2.16 bits per heavy atom. The summed E-state index contributed by atoms with van der Waals surface area (Å²) < 4.78 is 46.1. The summed E-state index contributed by atoms with van der Waals surface area (Å²) in [5.41, 5.74) is 1.21. The smallest absolute Gasteiger partial charge is 0.545 e. The Kier molecular flexibility index (Phi) is 8.43. The van der Waals surface area contributed by atoms with E-state index in [1.165, 1.54) is 17.0 Å². The molecule has 0 bridgehead atoms. The Morgan fingerprint density at radius 1 is 0.921 bits per heavy atom. The first kappa shape index (κ1) is 27.3. The van der Waals surface area contributed by atoms with Crippen molar-refractivity contribution in [3.05, 3.63) is 59.7 Å². The lowest BCUT2D eigenvalue weighted by Gasteiger charge is -2.31. The standard InChI is InChI=1S/C27H29F3N2O6/c28-27(29,30)38-22-13-11-21(12-14-22)37-16-24(33)32-15-1-2-23(32)25(34)31-20-9-7-18(8-10-20)17-3-5-19(6-4-17)26(35)36/h3-6,11-14,18,20,23H,1-2,7-10,15-16H2,(H,31,34)(H,35,36)/p-1/t18?,20?,23-/m1/s1. The highest BCUT2D eigenvalue weighted by Gasteiger charge is 2.36. The number of alkyl halides is 3. The summed E-state index contributed by atoms with van der Waals surface area (Å²) in [7, 11) is 0. The Labute approximate surface area is 217 Å². The average molecular weight is 534 g/mol. The van der Waals surface area contributed by atoms with Crippen molar-refractivity contribution in [3.8, 4) is 11.5 Å². The minimum atomic E-state index is -4.79. The van der Waals surface area contributed by atoms with E-state index in [1.54, 1.807) is 12.1 Å². The number of ether oxygens (including phenoxy) is 2. The zero-order valence-corrected chi connectivity index (χ0v) is 20.5. The third-order valence-corrected chi connectivity index (χ3v) is 6.99. The number of nitrogens with one attached hydrogen (secondary N) is 1. The van der Waals surface area contributed by atoms with Crippen LogP contribution in [0.1, 0.15) is 60.4 Å². The van der Waals surface area contributed by atoms with E-state index in [2.05, 4.69) is 10.1 Å². The van der Waals surface area contributed by atoms with Gasteiger partial charge in [-0.15, -0.1) is 13.2 Å². The van der Waals surface area contributed by atoms with Gasteiger partial charge in [-0.2, -0.15) is 0 Å². The first-order valence-electron chi connectivity index (χ1n) is 12.5. The summed E-state index contributed by atoms with van der Waals surface area (Å²) in [4.78, 5) is 38.2. The molecule has 1 N–H and O–H groups in total. The fourth-order valence-corrected chi connectivity index (χ4v) is 5.06. The van der Waals surface area contributed by atoms with E-state index in [0.29, 0.717) is 19.4 Å². The second-order valence-electron chi connectivity index (χ2n) is 9.52. The molecule has 4 rings (SSSR count). The largest absolute Gasteiger partial charge is 0.573 e. The van der Waals surface area contributed by atoms with Crippen LogP contribution in [0.4, 0.5) is 13.2 Å². The van der Waals surface area contributed by atoms with Gasteiger partial charge >= 0.3 is 6.36 Å². The van der Waals surface area contributed by atoms with Crippen molar-refractivity contribution in [2.24, 2.45) is 0 Å².